The third-order valence-electron chi connectivity index (χ3n) is 1.66. The van der Waals surface area contributed by atoms with Crippen LogP contribution in [0.5, 0.6) is 11.5 Å². The van der Waals surface area contributed by atoms with Crippen LogP contribution in [0.1, 0.15) is 5.56 Å². The number of halogens is 2. The van der Waals surface area contributed by atoms with Crippen LogP contribution >= 0.6 is 15.9 Å². The number of hydrogen-bond acceptors (Lipinski definition) is 3. The summed E-state index contributed by atoms with van der Waals surface area (Å²) in [6, 6.07) is 2.88. The number of nitrogens with zero attached hydrogens (tertiary/aromatic N) is 1. The van der Waals surface area contributed by atoms with Crippen LogP contribution in [0.15, 0.2) is 10.5 Å². The number of rotatable bonds is 2. The van der Waals surface area contributed by atoms with Crippen LogP contribution in [0.25, 0.3) is 0 Å². The van der Waals surface area contributed by atoms with Crippen molar-refractivity contribution in [1.29, 1.82) is 5.26 Å². The van der Waals surface area contributed by atoms with Gasteiger partial charge >= 0.3 is 0 Å². The highest BCUT2D eigenvalue weighted by Gasteiger charge is 2.18. The Balaban J connectivity index is 3.53. The van der Waals surface area contributed by atoms with Gasteiger partial charge in [0, 0.05) is 0 Å². The molecule has 0 spiro atoms. The average Bonchev–Trinajstić information content (AvgIpc) is 2.16. The molecule has 5 heteroatoms. The Morgan fingerprint density at radius 2 is 1.93 bits per heavy atom. The van der Waals surface area contributed by atoms with E-state index in [1.54, 1.807) is 6.07 Å². The number of nitriles is 1. The zero-order valence-corrected chi connectivity index (χ0v) is 9.18. The van der Waals surface area contributed by atoms with Crippen molar-refractivity contribution in [3.63, 3.8) is 0 Å². The fourth-order valence-electron chi connectivity index (χ4n) is 1.07. The van der Waals surface area contributed by atoms with E-state index in [0.29, 0.717) is 10.2 Å². The molecule has 3 nitrogen and oxygen atoms in total. The number of methoxy groups -OCH3 is 2. The minimum absolute atomic E-state index is 0.0990. The van der Waals surface area contributed by atoms with E-state index in [-0.39, 0.29) is 11.3 Å². The zero-order valence-electron chi connectivity index (χ0n) is 7.60. The van der Waals surface area contributed by atoms with E-state index >= 15 is 0 Å². The molecule has 0 aliphatic rings. The highest BCUT2D eigenvalue weighted by atomic mass is 79.9. The van der Waals surface area contributed by atoms with Gasteiger partial charge in [-0.3, -0.25) is 0 Å². The summed E-state index contributed by atoms with van der Waals surface area (Å²) in [7, 11) is 2.77. The first kappa shape index (κ1) is 10.8. The molecule has 14 heavy (non-hydrogen) atoms. The average molecular weight is 260 g/mol. The summed E-state index contributed by atoms with van der Waals surface area (Å²) in [5.41, 5.74) is -0.160. The molecule has 0 heterocycles. The Kier molecular flexibility index (Phi) is 3.31. The van der Waals surface area contributed by atoms with Gasteiger partial charge in [0.2, 0.25) is 0 Å². The van der Waals surface area contributed by atoms with Gasteiger partial charge in [0.1, 0.15) is 17.4 Å². The molecule has 0 aliphatic carbocycles. The standard InChI is InChI=1S/C9H7BrFNO2/c1-13-8-5(4-12)7(11)3-6(10)9(8)14-2/h3H,1-2H3. The first-order valence-corrected chi connectivity index (χ1v) is 4.45. The van der Waals surface area contributed by atoms with E-state index in [2.05, 4.69) is 15.9 Å². The molecule has 1 aromatic carbocycles. The highest BCUT2D eigenvalue weighted by Crippen LogP contribution is 2.39. The largest absolute Gasteiger partial charge is 0.492 e. The van der Waals surface area contributed by atoms with Gasteiger partial charge in [-0.25, -0.2) is 4.39 Å². The first-order chi connectivity index (χ1) is 6.65. The Hall–Kier alpha value is -1.28. The highest BCUT2D eigenvalue weighted by molar-refractivity contribution is 9.10. The van der Waals surface area contributed by atoms with Crippen molar-refractivity contribution in [3.8, 4) is 17.6 Å². The van der Waals surface area contributed by atoms with E-state index in [0.717, 1.165) is 0 Å². The summed E-state index contributed by atoms with van der Waals surface area (Å²) < 4.78 is 23.5. The van der Waals surface area contributed by atoms with Crippen LogP contribution in [0.2, 0.25) is 0 Å². The fraction of sp³-hybridized carbons (Fsp3) is 0.222. The lowest BCUT2D eigenvalue weighted by Gasteiger charge is -2.10. The van der Waals surface area contributed by atoms with Gasteiger partial charge in [-0.2, -0.15) is 5.26 Å². The van der Waals surface area contributed by atoms with Crippen LogP contribution in [-0.4, -0.2) is 14.2 Å². The normalized spacial score (nSPS) is 9.36. The minimum Gasteiger partial charge on any atom is -0.492 e. The van der Waals surface area contributed by atoms with Crippen molar-refractivity contribution in [2.45, 2.75) is 0 Å². The molecule has 0 fully saturated rings. The maximum Gasteiger partial charge on any atom is 0.182 e. The molecular formula is C9H7BrFNO2. The van der Waals surface area contributed by atoms with Gasteiger partial charge in [0.25, 0.3) is 0 Å². The Morgan fingerprint density at radius 1 is 1.36 bits per heavy atom. The molecular weight excluding hydrogens is 253 g/mol. The lowest BCUT2D eigenvalue weighted by molar-refractivity contribution is 0.349. The van der Waals surface area contributed by atoms with E-state index in [1.165, 1.54) is 20.3 Å². The van der Waals surface area contributed by atoms with Gasteiger partial charge in [0.15, 0.2) is 11.5 Å². The molecule has 0 unspecified atom stereocenters. The second-order valence-corrected chi connectivity index (χ2v) is 3.25. The summed E-state index contributed by atoms with van der Waals surface area (Å²) in [6.45, 7) is 0. The molecule has 0 saturated heterocycles. The molecule has 1 aromatic rings. The third-order valence-corrected chi connectivity index (χ3v) is 2.25. The topological polar surface area (TPSA) is 42.2 Å². The number of benzene rings is 1. The molecule has 0 N–H and O–H groups in total. The number of hydrogen-bond donors (Lipinski definition) is 0. The third kappa shape index (κ3) is 1.66. The van der Waals surface area contributed by atoms with Crippen molar-refractivity contribution in [1.82, 2.24) is 0 Å². The van der Waals surface area contributed by atoms with Crippen molar-refractivity contribution in [2.24, 2.45) is 0 Å². The molecule has 0 saturated carbocycles. The van der Waals surface area contributed by atoms with Crippen molar-refractivity contribution >= 4 is 15.9 Å². The summed E-state index contributed by atoms with van der Waals surface area (Å²) in [5.74, 6) is -0.232. The molecule has 0 atom stereocenters. The quantitative estimate of drug-likeness (QED) is 0.820. The predicted octanol–water partition coefficient (Wildman–Crippen LogP) is 2.48. The first-order valence-electron chi connectivity index (χ1n) is 3.65. The summed E-state index contributed by atoms with van der Waals surface area (Å²) >= 11 is 3.11. The van der Waals surface area contributed by atoms with Gasteiger partial charge in [-0.05, 0) is 22.0 Å². The molecule has 0 radical (unpaired) electrons. The Labute approximate surface area is 89.2 Å². The van der Waals surface area contributed by atoms with Gasteiger partial charge in [0.05, 0.1) is 18.7 Å². The predicted molar refractivity (Wildman–Crippen MR) is 51.9 cm³/mol. The zero-order chi connectivity index (χ0) is 10.7. The molecule has 0 aliphatic heterocycles. The SMILES string of the molecule is COc1c(Br)cc(F)c(C#N)c1OC. The van der Waals surface area contributed by atoms with E-state index in [9.17, 15) is 4.39 Å². The Morgan fingerprint density at radius 3 is 2.36 bits per heavy atom. The maximum atomic E-state index is 13.2. The summed E-state index contributed by atoms with van der Waals surface area (Å²) in [6.07, 6.45) is 0. The van der Waals surface area contributed by atoms with E-state index in [4.69, 9.17) is 14.7 Å². The van der Waals surface area contributed by atoms with Gasteiger partial charge < -0.3 is 9.47 Å². The lowest BCUT2D eigenvalue weighted by atomic mass is 10.2. The maximum absolute atomic E-state index is 13.2. The Bertz CT molecular complexity index is 401. The van der Waals surface area contributed by atoms with Crippen LogP contribution < -0.4 is 9.47 Å². The van der Waals surface area contributed by atoms with Gasteiger partial charge in [-0.15, -0.1) is 0 Å². The molecule has 1 rings (SSSR count). The van der Waals surface area contributed by atoms with E-state index < -0.39 is 5.82 Å². The van der Waals surface area contributed by atoms with Crippen LogP contribution in [-0.2, 0) is 0 Å². The monoisotopic (exact) mass is 259 g/mol. The fourth-order valence-corrected chi connectivity index (χ4v) is 1.61. The van der Waals surface area contributed by atoms with Crippen LogP contribution in [0.4, 0.5) is 4.39 Å². The molecule has 0 aromatic heterocycles. The summed E-state index contributed by atoms with van der Waals surface area (Å²) in [4.78, 5) is 0. The van der Waals surface area contributed by atoms with Crippen molar-refractivity contribution < 1.29 is 13.9 Å². The second kappa shape index (κ2) is 4.29. The van der Waals surface area contributed by atoms with Crippen molar-refractivity contribution in [2.75, 3.05) is 14.2 Å². The number of ether oxygens (including phenoxy) is 2. The molecule has 0 amide bonds. The minimum atomic E-state index is -0.642. The van der Waals surface area contributed by atoms with Crippen LogP contribution in [0.3, 0.4) is 0 Å². The van der Waals surface area contributed by atoms with Crippen molar-refractivity contribution in [3.05, 3.63) is 21.9 Å². The van der Waals surface area contributed by atoms with Crippen LogP contribution in [0, 0.1) is 17.1 Å². The smallest absolute Gasteiger partial charge is 0.182 e. The van der Waals surface area contributed by atoms with Gasteiger partial charge in [-0.1, -0.05) is 0 Å². The van der Waals surface area contributed by atoms with E-state index in [1.807, 2.05) is 0 Å². The molecule has 74 valence electrons. The molecule has 0 bridgehead atoms. The lowest BCUT2D eigenvalue weighted by Crippen LogP contribution is -1.97. The summed E-state index contributed by atoms with van der Waals surface area (Å²) in [5, 5.41) is 8.70. The second-order valence-electron chi connectivity index (χ2n) is 2.39.